The second-order valence-electron chi connectivity index (χ2n) is 4.84. The SMILES string of the molecule is COc1ccccc1CN[C@H](C)[C@@H](O)c1ccccc1. The first-order valence-electron chi connectivity index (χ1n) is 6.80. The van der Waals surface area contributed by atoms with Crippen molar-refractivity contribution >= 4 is 0 Å². The molecule has 0 saturated carbocycles. The zero-order valence-corrected chi connectivity index (χ0v) is 11.9. The van der Waals surface area contributed by atoms with Crippen molar-refractivity contribution in [3.8, 4) is 5.75 Å². The minimum atomic E-state index is -0.522. The van der Waals surface area contributed by atoms with Gasteiger partial charge in [-0.1, -0.05) is 48.5 Å². The first-order chi connectivity index (χ1) is 9.72. The second kappa shape index (κ2) is 7.08. The minimum absolute atomic E-state index is 0.0395. The van der Waals surface area contributed by atoms with Crippen LogP contribution < -0.4 is 10.1 Å². The fraction of sp³-hybridized carbons (Fsp3) is 0.294. The van der Waals surface area contributed by atoms with Gasteiger partial charge in [-0.2, -0.15) is 0 Å². The number of benzene rings is 2. The van der Waals surface area contributed by atoms with E-state index in [1.807, 2.05) is 61.5 Å². The molecule has 0 aliphatic carbocycles. The van der Waals surface area contributed by atoms with Gasteiger partial charge in [0.25, 0.3) is 0 Å². The van der Waals surface area contributed by atoms with Gasteiger partial charge in [0, 0.05) is 18.2 Å². The monoisotopic (exact) mass is 271 g/mol. The van der Waals surface area contributed by atoms with E-state index < -0.39 is 6.10 Å². The van der Waals surface area contributed by atoms with Crippen LogP contribution in [0.5, 0.6) is 5.75 Å². The molecule has 3 heteroatoms. The summed E-state index contributed by atoms with van der Waals surface area (Å²) in [4.78, 5) is 0. The molecule has 0 bridgehead atoms. The van der Waals surface area contributed by atoms with Crippen LogP contribution in [0, 0.1) is 0 Å². The molecule has 2 atom stereocenters. The molecule has 2 aromatic carbocycles. The summed E-state index contributed by atoms with van der Waals surface area (Å²) in [5, 5.41) is 13.6. The van der Waals surface area contributed by atoms with Gasteiger partial charge in [0.05, 0.1) is 13.2 Å². The molecule has 0 saturated heterocycles. The lowest BCUT2D eigenvalue weighted by molar-refractivity contribution is 0.135. The van der Waals surface area contributed by atoms with E-state index in [9.17, 15) is 5.11 Å². The number of methoxy groups -OCH3 is 1. The van der Waals surface area contributed by atoms with E-state index in [1.54, 1.807) is 7.11 Å². The third-order valence-corrected chi connectivity index (χ3v) is 3.42. The van der Waals surface area contributed by atoms with E-state index in [0.717, 1.165) is 16.9 Å². The fourth-order valence-corrected chi connectivity index (χ4v) is 2.17. The van der Waals surface area contributed by atoms with Crippen LogP contribution in [-0.4, -0.2) is 18.3 Å². The third kappa shape index (κ3) is 3.59. The number of aliphatic hydroxyl groups excluding tert-OH is 1. The van der Waals surface area contributed by atoms with Crippen molar-refractivity contribution in [3.63, 3.8) is 0 Å². The van der Waals surface area contributed by atoms with Gasteiger partial charge in [-0.3, -0.25) is 0 Å². The maximum Gasteiger partial charge on any atom is 0.123 e. The minimum Gasteiger partial charge on any atom is -0.496 e. The van der Waals surface area contributed by atoms with E-state index in [0.29, 0.717) is 6.54 Å². The Hall–Kier alpha value is -1.84. The highest BCUT2D eigenvalue weighted by Gasteiger charge is 2.15. The summed E-state index contributed by atoms with van der Waals surface area (Å²) in [5.74, 6) is 0.862. The Morgan fingerprint density at radius 1 is 1.05 bits per heavy atom. The highest BCUT2D eigenvalue weighted by atomic mass is 16.5. The van der Waals surface area contributed by atoms with Gasteiger partial charge in [0.15, 0.2) is 0 Å². The molecule has 0 unspecified atom stereocenters. The van der Waals surface area contributed by atoms with Crippen LogP contribution in [0.4, 0.5) is 0 Å². The van der Waals surface area contributed by atoms with E-state index >= 15 is 0 Å². The van der Waals surface area contributed by atoms with Crippen LogP contribution in [0.25, 0.3) is 0 Å². The van der Waals surface area contributed by atoms with E-state index in [2.05, 4.69) is 5.32 Å². The summed E-state index contributed by atoms with van der Waals surface area (Å²) < 4.78 is 5.32. The number of ether oxygens (including phenoxy) is 1. The molecule has 0 fully saturated rings. The molecule has 0 aliphatic heterocycles. The summed E-state index contributed by atoms with van der Waals surface area (Å²) in [7, 11) is 1.67. The molecule has 0 aliphatic rings. The van der Waals surface area contributed by atoms with Crippen molar-refractivity contribution in [3.05, 3.63) is 65.7 Å². The summed E-state index contributed by atoms with van der Waals surface area (Å²) in [5.41, 5.74) is 2.01. The Morgan fingerprint density at radius 3 is 2.40 bits per heavy atom. The lowest BCUT2D eigenvalue weighted by Gasteiger charge is -2.21. The first kappa shape index (κ1) is 14.6. The average Bonchev–Trinajstić information content (AvgIpc) is 2.53. The zero-order chi connectivity index (χ0) is 14.4. The summed E-state index contributed by atoms with van der Waals surface area (Å²) >= 11 is 0. The van der Waals surface area contributed by atoms with Gasteiger partial charge in [-0.05, 0) is 18.6 Å². The Morgan fingerprint density at radius 2 is 1.70 bits per heavy atom. The Labute approximate surface area is 120 Å². The number of hydrogen-bond acceptors (Lipinski definition) is 3. The lowest BCUT2D eigenvalue weighted by Crippen LogP contribution is -2.31. The average molecular weight is 271 g/mol. The van der Waals surface area contributed by atoms with Crippen LogP contribution in [0.1, 0.15) is 24.2 Å². The van der Waals surface area contributed by atoms with Gasteiger partial charge >= 0.3 is 0 Å². The lowest BCUT2D eigenvalue weighted by atomic mass is 10.0. The molecule has 0 amide bonds. The van der Waals surface area contributed by atoms with Crippen molar-refractivity contribution in [2.24, 2.45) is 0 Å². The van der Waals surface area contributed by atoms with E-state index in [1.165, 1.54) is 0 Å². The largest absolute Gasteiger partial charge is 0.496 e. The molecule has 2 aromatic rings. The normalized spacial score (nSPS) is 13.8. The molecule has 2 rings (SSSR count). The van der Waals surface area contributed by atoms with Gasteiger partial charge in [-0.25, -0.2) is 0 Å². The van der Waals surface area contributed by atoms with Crippen LogP contribution in [-0.2, 0) is 6.54 Å². The summed E-state index contributed by atoms with van der Waals surface area (Å²) in [6.45, 7) is 2.64. The van der Waals surface area contributed by atoms with E-state index in [4.69, 9.17) is 4.74 Å². The Bertz CT molecular complexity index is 528. The Kier molecular flexibility index (Phi) is 5.16. The smallest absolute Gasteiger partial charge is 0.123 e. The standard InChI is InChI=1S/C17H21NO2/c1-13(17(19)14-8-4-3-5-9-14)18-12-15-10-6-7-11-16(15)20-2/h3-11,13,17-19H,12H2,1-2H3/t13-,17-/m1/s1. The molecule has 0 heterocycles. The third-order valence-electron chi connectivity index (χ3n) is 3.42. The number of aliphatic hydroxyl groups is 1. The number of nitrogens with one attached hydrogen (secondary N) is 1. The number of para-hydroxylation sites is 1. The van der Waals surface area contributed by atoms with Gasteiger partial charge in [-0.15, -0.1) is 0 Å². The second-order valence-corrected chi connectivity index (χ2v) is 4.84. The number of hydrogen-bond donors (Lipinski definition) is 2. The molecule has 0 radical (unpaired) electrons. The molecular formula is C17H21NO2. The van der Waals surface area contributed by atoms with Gasteiger partial charge in [0.1, 0.15) is 5.75 Å². The van der Waals surface area contributed by atoms with E-state index in [-0.39, 0.29) is 6.04 Å². The Balaban J connectivity index is 1.97. The van der Waals surface area contributed by atoms with Crippen LogP contribution in [0.3, 0.4) is 0 Å². The topological polar surface area (TPSA) is 41.5 Å². The van der Waals surface area contributed by atoms with Crippen molar-refractivity contribution in [2.45, 2.75) is 25.6 Å². The van der Waals surface area contributed by atoms with Crippen molar-refractivity contribution in [2.75, 3.05) is 7.11 Å². The number of rotatable bonds is 6. The quantitative estimate of drug-likeness (QED) is 0.849. The maximum atomic E-state index is 10.3. The molecule has 0 spiro atoms. The highest BCUT2D eigenvalue weighted by molar-refractivity contribution is 5.33. The highest BCUT2D eigenvalue weighted by Crippen LogP contribution is 2.19. The van der Waals surface area contributed by atoms with Gasteiger partial charge in [0.2, 0.25) is 0 Å². The van der Waals surface area contributed by atoms with Crippen LogP contribution in [0.15, 0.2) is 54.6 Å². The predicted molar refractivity (Wildman–Crippen MR) is 80.7 cm³/mol. The van der Waals surface area contributed by atoms with Crippen LogP contribution >= 0.6 is 0 Å². The molecule has 106 valence electrons. The molecule has 20 heavy (non-hydrogen) atoms. The maximum absolute atomic E-state index is 10.3. The first-order valence-corrected chi connectivity index (χ1v) is 6.80. The predicted octanol–water partition coefficient (Wildman–Crippen LogP) is 2.91. The molecule has 3 nitrogen and oxygen atoms in total. The molecule has 0 aromatic heterocycles. The summed E-state index contributed by atoms with van der Waals surface area (Å²) in [6.07, 6.45) is -0.522. The zero-order valence-electron chi connectivity index (χ0n) is 11.9. The van der Waals surface area contributed by atoms with Crippen molar-refractivity contribution < 1.29 is 9.84 Å². The van der Waals surface area contributed by atoms with Gasteiger partial charge < -0.3 is 15.2 Å². The van der Waals surface area contributed by atoms with Crippen molar-refractivity contribution in [1.82, 2.24) is 5.32 Å². The fourth-order valence-electron chi connectivity index (χ4n) is 2.17. The molecular weight excluding hydrogens is 250 g/mol. The summed E-state index contributed by atoms with van der Waals surface area (Å²) in [6, 6.07) is 17.5. The van der Waals surface area contributed by atoms with Crippen molar-refractivity contribution in [1.29, 1.82) is 0 Å². The molecule has 2 N–H and O–H groups in total. The van der Waals surface area contributed by atoms with Crippen LogP contribution in [0.2, 0.25) is 0 Å².